The van der Waals surface area contributed by atoms with Gasteiger partial charge in [0.25, 0.3) is 0 Å². The highest BCUT2D eigenvalue weighted by molar-refractivity contribution is 5.94. The number of benzene rings is 2. The largest absolute Gasteiger partial charge is 0.493 e. The lowest BCUT2D eigenvalue weighted by atomic mass is 10.2. The summed E-state index contributed by atoms with van der Waals surface area (Å²) in [7, 11) is 0. The van der Waals surface area contributed by atoms with E-state index in [1.165, 1.54) is 24.3 Å². The van der Waals surface area contributed by atoms with E-state index in [0.29, 0.717) is 17.9 Å². The van der Waals surface area contributed by atoms with Crippen LogP contribution in [0.3, 0.4) is 0 Å². The molecule has 0 atom stereocenters. The first kappa shape index (κ1) is 16.5. The number of carboxylic acids is 1. The number of ether oxygens (including phenoxy) is 2. The van der Waals surface area contributed by atoms with Crippen molar-refractivity contribution in [1.82, 2.24) is 0 Å². The fourth-order valence-electron chi connectivity index (χ4n) is 1.92. The molecule has 5 heteroatoms. The third-order valence-corrected chi connectivity index (χ3v) is 3.17. The zero-order valence-electron chi connectivity index (χ0n) is 12.8. The zero-order valence-corrected chi connectivity index (χ0v) is 12.8. The average Bonchev–Trinajstić information content (AvgIpc) is 2.56. The summed E-state index contributed by atoms with van der Waals surface area (Å²) < 4.78 is 10.9. The van der Waals surface area contributed by atoms with Gasteiger partial charge in [-0.15, -0.1) is 0 Å². The number of hydrogen-bond donors (Lipinski definition) is 1. The number of esters is 1. The van der Waals surface area contributed by atoms with Crippen molar-refractivity contribution in [2.75, 3.05) is 6.61 Å². The van der Waals surface area contributed by atoms with Crippen LogP contribution in [0.15, 0.2) is 48.5 Å². The molecule has 0 bridgehead atoms. The number of unbranched alkanes of at least 4 members (excludes halogenated alkanes) is 1. The van der Waals surface area contributed by atoms with Crippen molar-refractivity contribution in [2.45, 2.75) is 19.8 Å². The van der Waals surface area contributed by atoms with Crippen molar-refractivity contribution >= 4 is 11.9 Å². The second-order valence-electron chi connectivity index (χ2n) is 4.92. The molecule has 0 spiro atoms. The Labute approximate surface area is 134 Å². The second-order valence-corrected chi connectivity index (χ2v) is 4.92. The van der Waals surface area contributed by atoms with Crippen LogP contribution in [0.4, 0.5) is 0 Å². The van der Waals surface area contributed by atoms with Gasteiger partial charge in [0.15, 0.2) is 0 Å². The summed E-state index contributed by atoms with van der Waals surface area (Å²) >= 11 is 0. The van der Waals surface area contributed by atoms with E-state index in [2.05, 4.69) is 6.92 Å². The first-order valence-corrected chi connectivity index (χ1v) is 7.39. The first-order valence-electron chi connectivity index (χ1n) is 7.39. The molecule has 0 amide bonds. The van der Waals surface area contributed by atoms with E-state index in [-0.39, 0.29) is 11.3 Å². The topological polar surface area (TPSA) is 72.8 Å². The van der Waals surface area contributed by atoms with Crippen LogP contribution in [0.1, 0.15) is 40.5 Å². The Kier molecular flexibility index (Phi) is 5.74. The molecule has 120 valence electrons. The van der Waals surface area contributed by atoms with Crippen LogP contribution in [-0.4, -0.2) is 23.7 Å². The molecule has 2 aromatic carbocycles. The first-order chi connectivity index (χ1) is 11.1. The van der Waals surface area contributed by atoms with Gasteiger partial charge >= 0.3 is 11.9 Å². The summed E-state index contributed by atoms with van der Waals surface area (Å²) in [6.45, 7) is 2.60. The maximum Gasteiger partial charge on any atom is 0.347 e. The number of rotatable bonds is 7. The number of carbonyl (C=O) groups excluding carboxylic acids is 1. The lowest BCUT2D eigenvalue weighted by Gasteiger charge is -2.10. The van der Waals surface area contributed by atoms with Crippen molar-refractivity contribution in [3.05, 3.63) is 59.7 Å². The van der Waals surface area contributed by atoms with E-state index in [1.54, 1.807) is 24.3 Å². The highest BCUT2D eigenvalue weighted by atomic mass is 16.5. The normalized spacial score (nSPS) is 10.1. The quantitative estimate of drug-likeness (QED) is 0.478. The summed E-state index contributed by atoms with van der Waals surface area (Å²) in [5.74, 6) is -0.811. The minimum Gasteiger partial charge on any atom is -0.493 e. The van der Waals surface area contributed by atoms with Crippen molar-refractivity contribution in [2.24, 2.45) is 0 Å². The molecular formula is C18H18O5. The summed E-state index contributed by atoms with van der Waals surface area (Å²) in [5.41, 5.74) is 0.471. The van der Waals surface area contributed by atoms with Gasteiger partial charge in [-0.1, -0.05) is 25.5 Å². The molecule has 0 unspecified atom stereocenters. The highest BCUT2D eigenvalue weighted by Gasteiger charge is 2.14. The van der Waals surface area contributed by atoms with E-state index in [4.69, 9.17) is 14.6 Å². The van der Waals surface area contributed by atoms with Gasteiger partial charge in [0.2, 0.25) is 0 Å². The molecular weight excluding hydrogens is 296 g/mol. The van der Waals surface area contributed by atoms with Crippen molar-refractivity contribution in [3.63, 3.8) is 0 Å². The van der Waals surface area contributed by atoms with Gasteiger partial charge in [0.05, 0.1) is 12.2 Å². The van der Waals surface area contributed by atoms with Gasteiger partial charge in [-0.3, -0.25) is 0 Å². The maximum atomic E-state index is 12.3. The molecule has 0 aliphatic heterocycles. The summed E-state index contributed by atoms with van der Waals surface area (Å²) in [4.78, 5) is 23.1. The molecule has 2 rings (SSSR count). The Balaban J connectivity index is 2.09. The second kappa shape index (κ2) is 7.98. The minimum atomic E-state index is -1.03. The Morgan fingerprint density at radius 3 is 2.39 bits per heavy atom. The van der Waals surface area contributed by atoms with E-state index < -0.39 is 11.9 Å². The molecule has 0 fully saturated rings. The molecule has 0 aliphatic rings. The van der Waals surface area contributed by atoms with E-state index >= 15 is 0 Å². The van der Waals surface area contributed by atoms with Crippen LogP contribution < -0.4 is 9.47 Å². The third kappa shape index (κ3) is 4.57. The maximum absolute atomic E-state index is 12.3. The van der Waals surface area contributed by atoms with Crippen molar-refractivity contribution in [1.29, 1.82) is 0 Å². The number of carboxylic acid groups (broad SMARTS) is 1. The van der Waals surface area contributed by atoms with E-state index in [0.717, 1.165) is 12.8 Å². The van der Waals surface area contributed by atoms with Crippen LogP contribution >= 0.6 is 0 Å². The predicted octanol–water partition coefficient (Wildman–Crippen LogP) is 3.78. The molecule has 0 aromatic heterocycles. The number of para-hydroxylation sites is 1. The molecule has 0 heterocycles. The Morgan fingerprint density at radius 1 is 1.04 bits per heavy atom. The van der Waals surface area contributed by atoms with Crippen LogP contribution in [0, 0.1) is 0 Å². The Bertz CT molecular complexity index is 676. The third-order valence-electron chi connectivity index (χ3n) is 3.17. The fourth-order valence-corrected chi connectivity index (χ4v) is 1.92. The SMILES string of the molecule is CCCCOc1ccccc1C(=O)Oc1ccc(C(=O)O)cc1. The molecule has 23 heavy (non-hydrogen) atoms. The van der Waals surface area contributed by atoms with E-state index in [9.17, 15) is 9.59 Å². The molecule has 0 radical (unpaired) electrons. The van der Waals surface area contributed by atoms with Gasteiger partial charge in [-0.2, -0.15) is 0 Å². The van der Waals surface area contributed by atoms with Crippen LogP contribution in [0.2, 0.25) is 0 Å². The van der Waals surface area contributed by atoms with E-state index in [1.807, 2.05) is 0 Å². The molecule has 2 aromatic rings. The standard InChI is InChI=1S/C18H18O5/c1-2-3-12-22-16-7-5-4-6-15(16)18(21)23-14-10-8-13(9-11-14)17(19)20/h4-11H,2-3,12H2,1H3,(H,19,20). The smallest absolute Gasteiger partial charge is 0.347 e. The van der Waals surface area contributed by atoms with Crippen LogP contribution in [-0.2, 0) is 0 Å². The van der Waals surface area contributed by atoms with Crippen LogP contribution in [0.5, 0.6) is 11.5 Å². The molecule has 0 saturated heterocycles. The van der Waals surface area contributed by atoms with Crippen LogP contribution in [0.25, 0.3) is 0 Å². The predicted molar refractivity (Wildman–Crippen MR) is 85.2 cm³/mol. The van der Waals surface area contributed by atoms with Crippen molar-refractivity contribution < 1.29 is 24.2 Å². The molecule has 0 saturated carbocycles. The lowest BCUT2D eigenvalue weighted by Crippen LogP contribution is -2.11. The monoisotopic (exact) mass is 314 g/mol. The lowest BCUT2D eigenvalue weighted by molar-refractivity contribution is 0.0696. The zero-order chi connectivity index (χ0) is 16.7. The average molecular weight is 314 g/mol. The number of carbonyl (C=O) groups is 2. The molecule has 5 nitrogen and oxygen atoms in total. The van der Waals surface area contributed by atoms with Gasteiger partial charge < -0.3 is 14.6 Å². The van der Waals surface area contributed by atoms with Gasteiger partial charge in [0, 0.05) is 0 Å². The summed E-state index contributed by atoms with van der Waals surface area (Å²) in [6, 6.07) is 12.5. The Morgan fingerprint density at radius 2 is 1.74 bits per heavy atom. The number of aromatic carboxylic acids is 1. The minimum absolute atomic E-state index is 0.132. The molecule has 0 aliphatic carbocycles. The van der Waals surface area contributed by atoms with Gasteiger partial charge in [0.1, 0.15) is 17.1 Å². The Hall–Kier alpha value is -2.82. The summed E-state index contributed by atoms with van der Waals surface area (Å²) in [5, 5.41) is 8.85. The summed E-state index contributed by atoms with van der Waals surface area (Å²) in [6.07, 6.45) is 1.91. The van der Waals surface area contributed by atoms with Gasteiger partial charge in [-0.05, 0) is 42.8 Å². The highest BCUT2D eigenvalue weighted by Crippen LogP contribution is 2.21. The van der Waals surface area contributed by atoms with Crippen molar-refractivity contribution in [3.8, 4) is 11.5 Å². The number of hydrogen-bond acceptors (Lipinski definition) is 4. The molecule has 1 N–H and O–H groups in total. The van der Waals surface area contributed by atoms with Gasteiger partial charge in [-0.25, -0.2) is 9.59 Å². The fraction of sp³-hybridized carbons (Fsp3) is 0.222.